The summed E-state index contributed by atoms with van der Waals surface area (Å²) < 4.78 is 37.5. The van der Waals surface area contributed by atoms with Crippen molar-refractivity contribution >= 4 is 17.7 Å². The van der Waals surface area contributed by atoms with E-state index in [1.165, 1.54) is 43.2 Å². The first-order chi connectivity index (χ1) is 42.2. The van der Waals surface area contributed by atoms with E-state index in [-0.39, 0.29) is 77.2 Å². The molecule has 87 heavy (non-hydrogen) atoms. The highest BCUT2D eigenvalue weighted by Crippen LogP contribution is 2.98. The van der Waals surface area contributed by atoms with E-state index < -0.39 is 86.1 Å². The minimum Gasteiger partial charge on any atom is -0.469 e. The molecule has 11 aliphatic carbocycles. The maximum atomic E-state index is 17.3. The standard InChI is InChI=1S/C74H90N2O11/c1-65-35-51-52-15-16-56-67(21-6-7-22-67)25-26-68(56)44-18-24-70-64(82)84-38-69-58(51)71(45-12-8-11-41(30-45)29-40-9-4-3-5-10-40,60(80)57(79)59(69)66(2)23-17-46(73(69,70)87-66)33-47(32-44)72(52,68)70)74(65)62(86-74)63(81)85-61(65)49-20-28-83-55(49)34-50(54(78)37-77)42-13-14-48-43(31-42)19-27-76-39-75-36-53(48)76/h3-5,9-10,17-20,24,27-28,41-45,47-48,50-54,56,58-62,75,77-78,80H,6-8,11-16,21-23,25-26,29-39H2,1-2H3. The first-order valence-electron chi connectivity index (χ1n) is 35.1. The smallest absolute Gasteiger partial charge is 0.339 e. The summed E-state index contributed by atoms with van der Waals surface area (Å²) in [6.45, 7) is 6.01. The number of epoxide rings is 1. The van der Waals surface area contributed by atoms with Gasteiger partial charge in [0.2, 0.25) is 0 Å². The van der Waals surface area contributed by atoms with Gasteiger partial charge in [0.1, 0.15) is 41.2 Å². The Labute approximate surface area is 511 Å². The molecule has 6 bridgehead atoms. The molecular formula is C74H90N2O11. The molecule has 13 heteroatoms. The molecule has 4 N–H and O–H groups in total. The molecule has 7 aliphatic heterocycles. The number of aliphatic hydroxyl groups excluding tert-OH is 3. The van der Waals surface area contributed by atoms with Crippen molar-refractivity contribution in [3.05, 3.63) is 95.6 Å². The van der Waals surface area contributed by atoms with Gasteiger partial charge < -0.3 is 43.6 Å². The summed E-state index contributed by atoms with van der Waals surface area (Å²) in [5, 5.41) is 41.5. The van der Waals surface area contributed by atoms with Crippen LogP contribution in [0.2, 0.25) is 0 Å². The van der Waals surface area contributed by atoms with Gasteiger partial charge in [0, 0.05) is 40.8 Å². The predicted molar refractivity (Wildman–Crippen MR) is 317 cm³/mol. The van der Waals surface area contributed by atoms with Gasteiger partial charge in [-0.3, -0.25) is 14.9 Å². The predicted octanol–water partition coefficient (Wildman–Crippen LogP) is 9.92. The second kappa shape index (κ2) is 17.1. The van der Waals surface area contributed by atoms with Gasteiger partial charge in [-0.05, 0) is 215 Å². The van der Waals surface area contributed by atoms with Gasteiger partial charge in [0.05, 0.1) is 42.6 Å². The van der Waals surface area contributed by atoms with Gasteiger partial charge in [0.25, 0.3) is 0 Å². The monoisotopic (exact) mass is 1180 g/mol. The molecule has 10 saturated carbocycles. The molecule has 0 amide bonds. The summed E-state index contributed by atoms with van der Waals surface area (Å²) in [5.41, 5.74) is -5.52. The third kappa shape index (κ3) is 5.55. The second-order valence-corrected chi connectivity index (χ2v) is 33.5. The van der Waals surface area contributed by atoms with Gasteiger partial charge >= 0.3 is 11.9 Å². The van der Waals surface area contributed by atoms with Crippen LogP contribution in [0.15, 0.2) is 83.2 Å². The molecule has 8 heterocycles. The van der Waals surface area contributed by atoms with Gasteiger partial charge in [-0.25, -0.2) is 4.79 Å². The van der Waals surface area contributed by atoms with Crippen molar-refractivity contribution in [2.24, 2.45) is 115 Å². The van der Waals surface area contributed by atoms with Crippen molar-refractivity contribution in [3.8, 4) is 0 Å². The highest BCUT2D eigenvalue weighted by atomic mass is 16.7. The molecule has 462 valence electrons. The lowest BCUT2D eigenvalue weighted by Crippen LogP contribution is -2.84. The number of ether oxygens (including phenoxy) is 4. The topological polar surface area (TPSA) is 181 Å². The van der Waals surface area contributed by atoms with E-state index in [2.05, 4.69) is 84.9 Å². The number of allylic oxidation sites excluding steroid dienone is 2. The number of Topliss-reactive ketones (excluding diaryl/α,β-unsaturated/α-hetero) is 1. The van der Waals surface area contributed by atoms with Crippen molar-refractivity contribution in [1.29, 1.82) is 0 Å². The Hall–Kier alpha value is -4.11. The van der Waals surface area contributed by atoms with Crippen LogP contribution in [0.5, 0.6) is 0 Å². The number of cyclic esters (lactones) is 2. The number of carbonyl (C=O) groups excluding carboxylic acids is 3. The van der Waals surface area contributed by atoms with E-state index in [9.17, 15) is 15.3 Å². The van der Waals surface area contributed by atoms with Crippen molar-refractivity contribution in [1.82, 2.24) is 10.2 Å². The van der Waals surface area contributed by atoms with Crippen LogP contribution < -0.4 is 5.32 Å². The molecule has 1 aromatic heterocycles. The molecule has 7 spiro atoms. The quantitative estimate of drug-likeness (QED) is 0.106. The number of ketones is 1. The third-order valence-electron chi connectivity index (χ3n) is 31.9. The van der Waals surface area contributed by atoms with E-state index in [0.717, 1.165) is 102 Å². The molecule has 15 fully saturated rings. The number of fused-ring (bicyclic) bond motifs is 7. The Morgan fingerprint density at radius 1 is 0.874 bits per heavy atom. The summed E-state index contributed by atoms with van der Waals surface area (Å²) in [5.74, 6) is 0.130. The number of esters is 2. The minimum atomic E-state index is -1.50. The van der Waals surface area contributed by atoms with Crippen LogP contribution >= 0.6 is 0 Å². The lowest BCUT2D eigenvalue weighted by Gasteiger charge is -2.75. The average Bonchev–Trinajstić information content (AvgIpc) is 1.40. The number of rotatable bonds is 9. The molecule has 27 atom stereocenters. The van der Waals surface area contributed by atoms with E-state index >= 15 is 14.4 Å². The van der Waals surface area contributed by atoms with Crippen molar-refractivity contribution < 1.29 is 53.1 Å². The molecule has 0 radical (unpaired) electrons. The van der Waals surface area contributed by atoms with Crippen LogP contribution in [-0.2, 0) is 46.2 Å². The van der Waals surface area contributed by atoms with Crippen LogP contribution in [-0.4, -0.2) is 106 Å². The maximum absolute atomic E-state index is 17.3. The SMILES string of the molecule is CC12CC=C3CC4CC5C=CC67C(=O)OCC8(C1C(=O)C(O)C1(C9CCCC(Cc%10ccccc%10)C9)C8C(CC8(C)C(c9ccoc9CC(C(O)CO)C9CCC%10C(C=CN%11CNCC%10%11)C9)OC(=O)C9OC981)C1CCC8C9(CCCC9)CCC58C416)C37O2. The third-order valence-corrected chi connectivity index (χ3v) is 31.9. The number of hydrogen-bond acceptors (Lipinski definition) is 13. The van der Waals surface area contributed by atoms with Crippen molar-refractivity contribution in [2.45, 2.75) is 196 Å². The summed E-state index contributed by atoms with van der Waals surface area (Å²) in [4.78, 5) is 52.5. The molecule has 27 unspecified atom stereocenters. The molecule has 18 aliphatic rings. The maximum Gasteiger partial charge on any atom is 0.339 e. The van der Waals surface area contributed by atoms with Gasteiger partial charge in [-0.1, -0.05) is 87.2 Å². The molecule has 2 aromatic rings. The zero-order chi connectivity index (χ0) is 58.4. The molecular weight excluding hydrogens is 1090 g/mol. The zero-order valence-corrected chi connectivity index (χ0v) is 51.1. The molecule has 5 saturated heterocycles. The zero-order valence-electron chi connectivity index (χ0n) is 51.1. The van der Waals surface area contributed by atoms with Crippen LogP contribution in [0.4, 0.5) is 0 Å². The Bertz CT molecular complexity index is 3420. The van der Waals surface area contributed by atoms with E-state index in [1.54, 1.807) is 6.26 Å². The number of nitrogens with zero attached hydrogens (tertiary/aromatic N) is 1. The first-order valence-corrected chi connectivity index (χ1v) is 35.1. The van der Waals surface area contributed by atoms with Crippen LogP contribution in [0, 0.1) is 115 Å². The summed E-state index contributed by atoms with van der Waals surface area (Å²) >= 11 is 0. The fourth-order valence-electron chi connectivity index (χ4n) is 30.3. The van der Waals surface area contributed by atoms with Gasteiger partial charge in [-0.15, -0.1) is 0 Å². The number of aliphatic hydroxyl groups is 3. The molecule has 13 nitrogen and oxygen atoms in total. The first kappa shape index (κ1) is 53.5. The average molecular weight is 1180 g/mol. The number of hydrogen-bond donors (Lipinski definition) is 4. The molecule has 1 aromatic carbocycles. The fraction of sp³-hybridized carbons (Fsp3) is 0.743. The Balaban J connectivity index is 0.816. The van der Waals surface area contributed by atoms with E-state index in [1.807, 2.05) is 6.07 Å². The normalized spacial score (nSPS) is 54.3. The summed E-state index contributed by atoms with van der Waals surface area (Å²) in [6, 6.07) is 13.3. The van der Waals surface area contributed by atoms with Crippen LogP contribution in [0.1, 0.15) is 159 Å². The lowest BCUT2D eigenvalue weighted by atomic mass is 9.28. The van der Waals surface area contributed by atoms with E-state index in [0.29, 0.717) is 54.7 Å². The fourth-order valence-corrected chi connectivity index (χ4v) is 30.3. The number of benzene rings is 1. The Morgan fingerprint density at radius 2 is 1.74 bits per heavy atom. The molecule has 20 rings (SSSR count). The summed E-state index contributed by atoms with van der Waals surface area (Å²) in [6.07, 6.45) is 29.3. The summed E-state index contributed by atoms with van der Waals surface area (Å²) in [7, 11) is 0. The Kier molecular flexibility index (Phi) is 10.5. The van der Waals surface area contributed by atoms with E-state index in [4.69, 9.17) is 23.4 Å². The van der Waals surface area contributed by atoms with Gasteiger partial charge in [0.15, 0.2) is 11.9 Å². The van der Waals surface area contributed by atoms with Crippen LogP contribution in [0.3, 0.4) is 0 Å². The minimum absolute atomic E-state index is 0.00818. The lowest BCUT2D eigenvalue weighted by molar-refractivity contribution is -0.312. The highest BCUT2D eigenvalue weighted by molar-refractivity contribution is 5.96. The number of furan rings is 1. The van der Waals surface area contributed by atoms with Crippen molar-refractivity contribution in [3.63, 3.8) is 0 Å². The number of carbonyl (C=O) groups is 3. The highest BCUT2D eigenvalue weighted by Gasteiger charge is 3.03. The Morgan fingerprint density at radius 3 is 2.59 bits per heavy atom. The number of nitrogens with one attached hydrogen (secondary N) is 1. The second-order valence-electron chi connectivity index (χ2n) is 33.5. The largest absolute Gasteiger partial charge is 0.469 e. The van der Waals surface area contributed by atoms with Gasteiger partial charge in [-0.2, -0.15) is 0 Å². The van der Waals surface area contributed by atoms with Crippen molar-refractivity contribution in [2.75, 3.05) is 26.4 Å². The van der Waals surface area contributed by atoms with Crippen LogP contribution in [0.25, 0.3) is 0 Å².